The molecular formula is C26H30N4O9. The van der Waals surface area contributed by atoms with Gasteiger partial charge in [-0.05, 0) is 38.3 Å². The van der Waals surface area contributed by atoms with E-state index < -0.39 is 47.8 Å². The van der Waals surface area contributed by atoms with Crippen LogP contribution < -0.4 is 10.5 Å². The highest BCUT2D eigenvalue weighted by molar-refractivity contribution is 6.05. The molecule has 1 aromatic carbocycles. The molecule has 1 saturated carbocycles. The number of hydrogen-bond donors (Lipinski definition) is 3. The van der Waals surface area contributed by atoms with E-state index in [0.29, 0.717) is 11.8 Å². The number of pyridine rings is 1. The number of nitrogens with two attached hydrogens (primary N) is 1. The van der Waals surface area contributed by atoms with Gasteiger partial charge >= 0.3 is 18.0 Å². The lowest BCUT2D eigenvalue weighted by Gasteiger charge is -2.39. The smallest absolute Gasteiger partial charge is 0.409 e. The van der Waals surface area contributed by atoms with Crippen LogP contribution in [0.2, 0.25) is 0 Å². The standard InChI is InChI=1S/C26H30N4O9/c1-2-38-25(37)30-12-10-29(11-13-30)23(34)16(14-18(31)32)20-19(22(27)33)21(15-6-3-4-7-17(15)28-20)39-26(24(35)36)8-5-9-26/h3-4,6-7,16H,2,5,8-14H2,1H3,(H2,27,33)(H,31,32)(H,35,36). The van der Waals surface area contributed by atoms with Crippen molar-refractivity contribution >= 4 is 40.7 Å². The minimum Gasteiger partial charge on any atom is -0.481 e. The van der Waals surface area contributed by atoms with Gasteiger partial charge in [0.2, 0.25) is 11.5 Å². The van der Waals surface area contributed by atoms with Crippen LogP contribution in [0.5, 0.6) is 5.75 Å². The van der Waals surface area contributed by atoms with Crippen molar-refractivity contribution in [2.45, 2.75) is 44.1 Å². The number of carboxylic acids is 2. The minimum atomic E-state index is -1.58. The van der Waals surface area contributed by atoms with Crippen LogP contribution in [0.4, 0.5) is 4.79 Å². The SMILES string of the molecule is CCOC(=O)N1CCN(C(=O)C(CC(=O)O)c2nc3ccccc3c(OC3(C(=O)O)CCC3)c2C(N)=O)CC1. The highest BCUT2D eigenvalue weighted by atomic mass is 16.6. The predicted octanol–water partition coefficient (Wildman–Crippen LogP) is 1.58. The molecule has 1 atom stereocenters. The molecule has 13 heteroatoms. The Morgan fingerprint density at radius 3 is 2.23 bits per heavy atom. The molecule has 0 spiro atoms. The first-order valence-electron chi connectivity index (χ1n) is 12.6. The second-order valence-electron chi connectivity index (χ2n) is 9.50. The Morgan fingerprint density at radius 2 is 1.69 bits per heavy atom. The van der Waals surface area contributed by atoms with Crippen LogP contribution in [0.25, 0.3) is 10.9 Å². The molecule has 4 rings (SSSR count). The van der Waals surface area contributed by atoms with E-state index in [4.69, 9.17) is 15.2 Å². The maximum Gasteiger partial charge on any atom is 0.409 e. The zero-order valence-corrected chi connectivity index (χ0v) is 21.4. The summed E-state index contributed by atoms with van der Waals surface area (Å²) in [5.74, 6) is -5.73. The lowest BCUT2D eigenvalue weighted by molar-refractivity contribution is -0.163. The molecule has 2 aliphatic rings. The van der Waals surface area contributed by atoms with Gasteiger partial charge in [0.05, 0.1) is 30.2 Å². The normalized spacial score (nSPS) is 17.2. The molecule has 1 aromatic heterocycles. The van der Waals surface area contributed by atoms with Gasteiger partial charge in [0.15, 0.2) is 0 Å². The third-order valence-corrected chi connectivity index (χ3v) is 7.09. The fourth-order valence-electron chi connectivity index (χ4n) is 4.87. The molecule has 3 amide bonds. The summed E-state index contributed by atoms with van der Waals surface area (Å²) < 4.78 is 11.0. The van der Waals surface area contributed by atoms with Gasteiger partial charge in [0.25, 0.3) is 5.91 Å². The molecule has 0 bridgehead atoms. The predicted molar refractivity (Wildman–Crippen MR) is 135 cm³/mol. The van der Waals surface area contributed by atoms with Crippen LogP contribution >= 0.6 is 0 Å². The molecule has 1 aliphatic heterocycles. The number of carbonyl (C=O) groups excluding carboxylic acids is 3. The molecule has 0 radical (unpaired) electrons. The van der Waals surface area contributed by atoms with Gasteiger partial charge in [0.1, 0.15) is 11.3 Å². The van der Waals surface area contributed by atoms with Gasteiger partial charge in [-0.25, -0.2) is 9.59 Å². The van der Waals surface area contributed by atoms with Crippen molar-refractivity contribution in [1.29, 1.82) is 0 Å². The number of fused-ring (bicyclic) bond motifs is 1. The zero-order chi connectivity index (χ0) is 28.3. The Morgan fingerprint density at radius 1 is 1.05 bits per heavy atom. The van der Waals surface area contributed by atoms with Gasteiger partial charge in [-0.15, -0.1) is 0 Å². The fraction of sp³-hybridized carbons (Fsp3) is 0.462. The lowest BCUT2D eigenvalue weighted by Crippen LogP contribution is -2.52. The molecule has 13 nitrogen and oxygen atoms in total. The molecule has 39 heavy (non-hydrogen) atoms. The summed E-state index contributed by atoms with van der Waals surface area (Å²) in [5.41, 5.74) is 3.92. The highest BCUT2D eigenvalue weighted by Gasteiger charge is 2.48. The van der Waals surface area contributed by atoms with Crippen molar-refractivity contribution < 1.29 is 43.7 Å². The number of nitrogens with zero attached hydrogens (tertiary/aromatic N) is 3. The summed E-state index contributed by atoms with van der Waals surface area (Å²) in [7, 11) is 0. The van der Waals surface area contributed by atoms with Crippen molar-refractivity contribution in [3.63, 3.8) is 0 Å². The number of piperazine rings is 1. The topological polar surface area (TPSA) is 190 Å². The maximum absolute atomic E-state index is 13.7. The number of carbonyl (C=O) groups is 5. The number of primary amides is 1. The molecular weight excluding hydrogens is 512 g/mol. The first-order chi connectivity index (χ1) is 18.6. The van der Waals surface area contributed by atoms with E-state index in [-0.39, 0.29) is 68.2 Å². The number of hydrogen-bond acceptors (Lipinski definition) is 8. The molecule has 1 saturated heterocycles. The molecule has 1 aliphatic carbocycles. The Hall–Kier alpha value is -4.42. The number of para-hydroxylation sites is 1. The van der Waals surface area contributed by atoms with Crippen LogP contribution in [0.3, 0.4) is 0 Å². The minimum absolute atomic E-state index is 0.110. The van der Waals surface area contributed by atoms with E-state index in [2.05, 4.69) is 4.98 Å². The first kappa shape index (κ1) is 27.6. The largest absolute Gasteiger partial charge is 0.481 e. The Kier molecular flexibility index (Phi) is 7.88. The first-order valence-corrected chi connectivity index (χ1v) is 12.6. The van der Waals surface area contributed by atoms with Crippen LogP contribution in [0.1, 0.15) is 54.6 Å². The second-order valence-corrected chi connectivity index (χ2v) is 9.50. The number of aliphatic carboxylic acids is 2. The van der Waals surface area contributed by atoms with Crippen LogP contribution in [0.15, 0.2) is 24.3 Å². The Labute approximate surface area is 223 Å². The molecule has 2 fully saturated rings. The van der Waals surface area contributed by atoms with E-state index in [0.717, 1.165) is 0 Å². The number of rotatable bonds is 9. The van der Waals surface area contributed by atoms with Crippen LogP contribution in [-0.2, 0) is 19.1 Å². The number of ether oxygens (including phenoxy) is 2. The third-order valence-electron chi connectivity index (χ3n) is 7.09. The number of carboxylic acid groups (broad SMARTS) is 2. The summed E-state index contributed by atoms with van der Waals surface area (Å²) in [6, 6.07) is 6.49. The summed E-state index contributed by atoms with van der Waals surface area (Å²) in [6.45, 7) is 2.46. The molecule has 2 heterocycles. The quantitative estimate of drug-likeness (QED) is 0.419. The number of benzene rings is 1. The van der Waals surface area contributed by atoms with Crippen molar-refractivity contribution in [2.75, 3.05) is 32.8 Å². The summed E-state index contributed by atoms with van der Waals surface area (Å²) in [6.07, 6.45) is -0.203. The average Bonchev–Trinajstić information content (AvgIpc) is 2.88. The van der Waals surface area contributed by atoms with Crippen molar-refractivity contribution in [1.82, 2.24) is 14.8 Å². The summed E-state index contributed by atoms with van der Waals surface area (Å²) in [5, 5.41) is 19.9. The van der Waals surface area contributed by atoms with E-state index in [9.17, 15) is 34.2 Å². The maximum atomic E-state index is 13.7. The monoisotopic (exact) mass is 542 g/mol. The zero-order valence-electron chi connectivity index (χ0n) is 21.4. The summed E-state index contributed by atoms with van der Waals surface area (Å²) >= 11 is 0. The van der Waals surface area contributed by atoms with E-state index in [1.807, 2.05) is 0 Å². The van der Waals surface area contributed by atoms with Crippen LogP contribution in [-0.4, -0.2) is 93.2 Å². The third kappa shape index (κ3) is 5.42. The van der Waals surface area contributed by atoms with Crippen molar-refractivity contribution in [3.05, 3.63) is 35.5 Å². The van der Waals surface area contributed by atoms with E-state index in [1.54, 1.807) is 31.2 Å². The van der Waals surface area contributed by atoms with E-state index >= 15 is 0 Å². The molecule has 4 N–H and O–H groups in total. The average molecular weight is 543 g/mol. The highest BCUT2D eigenvalue weighted by Crippen LogP contribution is 2.43. The number of amides is 3. The van der Waals surface area contributed by atoms with E-state index in [1.165, 1.54) is 9.80 Å². The fourth-order valence-corrected chi connectivity index (χ4v) is 4.87. The van der Waals surface area contributed by atoms with Gasteiger partial charge in [-0.2, -0.15) is 0 Å². The van der Waals surface area contributed by atoms with Gasteiger partial charge in [-0.1, -0.05) is 12.1 Å². The van der Waals surface area contributed by atoms with Crippen LogP contribution in [0, 0.1) is 0 Å². The van der Waals surface area contributed by atoms with Gasteiger partial charge in [-0.3, -0.25) is 19.4 Å². The van der Waals surface area contributed by atoms with Gasteiger partial charge < -0.3 is 35.2 Å². The van der Waals surface area contributed by atoms with Crippen molar-refractivity contribution in [2.24, 2.45) is 5.73 Å². The molecule has 2 aromatic rings. The second kappa shape index (κ2) is 11.1. The molecule has 208 valence electrons. The molecule has 1 unspecified atom stereocenters. The Bertz CT molecular complexity index is 1320. The Balaban J connectivity index is 1.78. The summed E-state index contributed by atoms with van der Waals surface area (Å²) in [4.78, 5) is 69.9. The lowest BCUT2D eigenvalue weighted by atomic mass is 9.80. The van der Waals surface area contributed by atoms with Crippen molar-refractivity contribution in [3.8, 4) is 5.75 Å². The number of aromatic nitrogens is 1. The van der Waals surface area contributed by atoms with Gasteiger partial charge in [0, 0.05) is 31.6 Å².